The second-order valence-electron chi connectivity index (χ2n) is 7.34. The molecule has 0 spiro atoms. The first-order valence-corrected chi connectivity index (χ1v) is 10.0. The third-order valence-electron chi connectivity index (χ3n) is 5.42. The molecule has 0 saturated carbocycles. The maximum atomic E-state index is 13.0. The van der Waals surface area contributed by atoms with E-state index >= 15 is 0 Å². The van der Waals surface area contributed by atoms with E-state index in [4.69, 9.17) is 0 Å². The molecule has 2 atom stereocenters. The summed E-state index contributed by atoms with van der Waals surface area (Å²) in [6.07, 6.45) is 3.39. The zero-order valence-electron chi connectivity index (χ0n) is 16.9. The highest BCUT2D eigenvalue weighted by Gasteiger charge is 2.24. The fourth-order valence-corrected chi connectivity index (χ4v) is 3.80. The predicted octanol–water partition coefficient (Wildman–Crippen LogP) is 1.31. The van der Waals surface area contributed by atoms with E-state index in [-0.39, 0.29) is 12.0 Å². The number of nitrogens with zero attached hydrogens (tertiary/aromatic N) is 2. The molecular formula is C23H21N4O4-. The molecule has 1 amide bonds. The van der Waals surface area contributed by atoms with Crippen molar-refractivity contribution >= 4 is 33.7 Å². The smallest absolute Gasteiger partial charge is 0.261 e. The lowest BCUT2D eigenvalue weighted by Crippen LogP contribution is -2.51. The number of aromatic nitrogens is 3. The number of carbonyl (C=O) groups is 2. The minimum absolute atomic E-state index is 0.0550. The van der Waals surface area contributed by atoms with Crippen molar-refractivity contribution in [2.24, 2.45) is 0 Å². The number of hydrogen-bond acceptors (Lipinski definition) is 5. The summed E-state index contributed by atoms with van der Waals surface area (Å²) in [5.41, 5.74) is 1.81. The maximum absolute atomic E-state index is 13.0. The van der Waals surface area contributed by atoms with Crippen LogP contribution in [0.3, 0.4) is 0 Å². The van der Waals surface area contributed by atoms with E-state index in [1.807, 2.05) is 24.3 Å². The summed E-state index contributed by atoms with van der Waals surface area (Å²) in [6, 6.07) is 12.2. The van der Waals surface area contributed by atoms with E-state index in [1.54, 1.807) is 37.4 Å². The monoisotopic (exact) mass is 417 g/mol. The summed E-state index contributed by atoms with van der Waals surface area (Å²) < 4.78 is 1.25. The molecule has 2 aromatic heterocycles. The summed E-state index contributed by atoms with van der Waals surface area (Å²) in [7, 11) is 0. The summed E-state index contributed by atoms with van der Waals surface area (Å²) >= 11 is 0. The zero-order valence-corrected chi connectivity index (χ0v) is 16.9. The fourth-order valence-electron chi connectivity index (χ4n) is 3.80. The van der Waals surface area contributed by atoms with Crippen molar-refractivity contribution in [2.45, 2.75) is 31.8 Å². The SMILES string of the molecule is CC[C@H](C(=O)N[C@@H](Cc1c[nH]c2ccccc12)C(=O)[O-])n1cnc2ccccc2c1=O. The topological polar surface area (TPSA) is 120 Å². The quantitative estimate of drug-likeness (QED) is 0.470. The van der Waals surface area contributed by atoms with Gasteiger partial charge in [-0.1, -0.05) is 37.3 Å². The van der Waals surface area contributed by atoms with Crippen LogP contribution in [0, 0.1) is 0 Å². The second kappa shape index (κ2) is 8.43. The van der Waals surface area contributed by atoms with Crippen molar-refractivity contribution in [3.63, 3.8) is 0 Å². The highest BCUT2D eigenvalue weighted by Crippen LogP contribution is 2.19. The molecule has 4 aromatic rings. The van der Waals surface area contributed by atoms with Crippen LogP contribution >= 0.6 is 0 Å². The number of carboxylic acid groups (broad SMARTS) is 1. The van der Waals surface area contributed by atoms with E-state index in [9.17, 15) is 19.5 Å². The van der Waals surface area contributed by atoms with Crippen LogP contribution in [0.5, 0.6) is 0 Å². The van der Waals surface area contributed by atoms with E-state index in [0.29, 0.717) is 17.3 Å². The average molecular weight is 417 g/mol. The van der Waals surface area contributed by atoms with Crippen molar-refractivity contribution in [1.82, 2.24) is 19.9 Å². The number of fused-ring (bicyclic) bond motifs is 2. The second-order valence-corrected chi connectivity index (χ2v) is 7.34. The molecule has 0 fully saturated rings. The molecule has 158 valence electrons. The number of benzene rings is 2. The van der Waals surface area contributed by atoms with Crippen LogP contribution in [-0.4, -0.2) is 32.5 Å². The van der Waals surface area contributed by atoms with E-state index in [1.165, 1.54) is 10.9 Å². The Morgan fingerprint density at radius 2 is 1.84 bits per heavy atom. The molecule has 0 radical (unpaired) electrons. The van der Waals surface area contributed by atoms with E-state index < -0.39 is 24.0 Å². The molecule has 2 N–H and O–H groups in total. The molecule has 4 rings (SSSR count). The number of rotatable bonds is 7. The minimum atomic E-state index is -1.39. The van der Waals surface area contributed by atoms with Gasteiger partial charge in [-0.2, -0.15) is 0 Å². The Morgan fingerprint density at radius 1 is 1.13 bits per heavy atom. The Hall–Kier alpha value is -3.94. The lowest BCUT2D eigenvalue weighted by molar-refractivity contribution is -0.308. The molecule has 0 aliphatic rings. The molecule has 0 aliphatic heterocycles. The van der Waals surface area contributed by atoms with Crippen LogP contribution in [0.25, 0.3) is 21.8 Å². The molecular weight excluding hydrogens is 396 g/mol. The van der Waals surface area contributed by atoms with Crippen LogP contribution in [0.4, 0.5) is 0 Å². The van der Waals surface area contributed by atoms with E-state index in [0.717, 1.165) is 16.5 Å². The van der Waals surface area contributed by atoms with Crippen molar-refractivity contribution in [1.29, 1.82) is 0 Å². The molecule has 2 aromatic carbocycles. The standard InChI is InChI=1S/C23H22N4O4/c1-2-20(27-13-25-18-10-6-4-8-16(18)22(27)29)21(28)26-19(23(30)31)11-14-12-24-17-9-5-3-7-15(14)17/h3-10,12-13,19-20,24H,2,11H2,1H3,(H,26,28)(H,30,31)/p-1/t19-,20+/m0/s1. The summed E-state index contributed by atoms with van der Waals surface area (Å²) in [4.78, 5) is 45.0. The average Bonchev–Trinajstić information content (AvgIpc) is 3.18. The highest BCUT2D eigenvalue weighted by atomic mass is 16.4. The minimum Gasteiger partial charge on any atom is -0.548 e. The maximum Gasteiger partial charge on any atom is 0.261 e. The first kappa shape index (κ1) is 20.3. The van der Waals surface area contributed by atoms with Gasteiger partial charge in [0.1, 0.15) is 6.04 Å². The molecule has 0 unspecified atom stereocenters. The van der Waals surface area contributed by atoms with Crippen molar-refractivity contribution < 1.29 is 14.7 Å². The normalized spacial score (nSPS) is 13.2. The lowest BCUT2D eigenvalue weighted by Gasteiger charge is -2.24. The third-order valence-corrected chi connectivity index (χ3v) is 5.42. The zero-order chi connectivity index (χ0) is 22.0. The van der Waals surface area contributed by atoms with Crippen molar-refractivity contribution in [3.05, 3.63) is 77.0 Å². The van der Waals surface area contributed by atoms with Gasteiger partial charge in [0.15, 0.2) is 0 Å². The molecule has 2 heterocycles. The summed E-state index contributed by atoms with van der Waals surface area (Å²) in [5, 5.41) is 15.6. The van der Waals surface area contributed by atoms with Crippen LogP contribution in [0.1, 0.15) is 24.9 Å². The van der Waals surface area contributed by atoms with Gasteiger partial charge in [-0.15, -0.1) is 0 Å². The Morgan fingerprint density at radius 3 is 2.58 bits per heavy atom. The third kappa shape index (κ3) is 3.92. The van der Waals surface area contributed by atoms with Gasteiger partial charge in [0.25, 0.3) is 5.56 Å². The summed E-state index contributed by atoms with van der Waals surface area (Å²) in [5.74, 6) is -1.96. The lowest BCUT2D eigenvalue weighted by atomic mass is 10.0. The number of aromatic amines is 1. The first-order valence-electron chi connectivity index (χ1n) is 10.0. The number of H-pyrrole nitrogens is 1. The van der Waals surface area contributed by atoms with Crippen molar-refractivity contribution in [2.75, 3.05) is 0 Å². The predicted molar refractivity (Wildman–Crippen MR) is 114 cm³/mol. The number of nitrogens with one attached hydrogen (secondary N) is 2. The van der Waals surface area contributed by atoms with Gasteiger partial charge in [-0.05, 0) is 30.2 Å². The largest absolute Gasteiger partial charge is 0.548 e. The molecule has 0 bridgehead atoms. The summed E-state index contributed by atoms with van der Waals surface area (Å²) in [6.45, 7) is 1.75. The molecule has 8 heteroatoms. The number of carbonyl (C=O) groups excluding carboxylic acids is 2. The Labute approximate surface area is 177 Å². The van der Waals surface area contributed by atoms with Crippen LogP contribution in [-0.2, 0) is 16.0 Å². The Bertz CT molecular complexity index is 1320. The molecule has 0 aliphatic carbocycles. The van der Waals surface area contributed by atoms with Gasteiger partial charge in [-0.25, -0.2) is 4.98 Å². The van der Waals surface area contributed by atoms with Crippen LogP contribution in [0.15, 0.2) is 65.8 Å². The van der Waals surface area contributed by atoms with E-state index in [2.05, 4.69) is 15.3 Å². The van der Waals surface area contributed by atoms with Crippen LogP contribution in [0.2, 0.25) is 0 Å². The number of hydrogen-bond donors (Lipinski definition) is 2. The molecule has 0 saturated heterocycles. The first-order chi connectivity index (χ1) is 15.0. The Balaban J connectivity index is 1.60. The van der Waals surface area contributed by atoms with Gasteiger partial charge in [0.05, 0.1) is 29.2 Å². The van der Waals surface area contributed by atoms with Gasteiger partial charge in [0.2, 0.25) is 5.91 Å². The van der Waals surface area contributed by atoms with Crippen LogP contribution < -0.4 is 16.0 Å². The highest BCUT2D eigenvalue weighted by molar-refractivity contribution is 5.87. The van der Waals surface area contributed by atoms with Crippen molar-refractivity contribution in [3.8, 4) is 0 Å². The van der Waals surface area contributed by atoms with Gasteiger partial charge in [0, 0.05) is 23.5 Å². The molecule has 31 heavy (non-hydrogen) atoms. The fraction of sp³-hybridized carbons (Fsp3) is 0.217. The number of aliphatic carboxylic acids is 1. The number of para-hydroxylation sites is 2. The number of amides is 1. The number of carboxylic acids is 1. The Kier molecular flexibility index (Phi) is 5.53. The van der Waals surface area contributed by atoms with Gasteiger partial charge >= 0.3 is 0 Å². The molecule has 8 nitrogen and oxygen atoms in total. The van der Waals surface area contributed by atoms with Gasteiger partial charge in [-0.3, -0.25) is 14.2 Å². The van der Waals surface area contributed by atoms with Gasteiger partial charge < -0.3 is 20.2 Å².